The molecular weight excluding hydrogens is 310 g/mol. The van der Waals surface area contributed by atoms with Crippen LogP contribution >= 0.6 is 15.9 Å². The number of nitrogens with zero attached hydrogens (tertiary/aromatic N) is 2. The molecule has 0 radical (unpaired) electrons. The van der Waals surface area contributed by atoms with E-state index in [2.05, 4.69) is 32.4 Å². The molecule has 100 valence electrons. The van der Waals surface area contributed by atoms with Crippen molar-refractivity contribution in [2.75, 3.05) is 6.54 Å². The summed E-state index contributed by atoms with van der Waals surface area (Å²) in [6, 6.07) is 6.25. The molecule has 2 heterocycles. The van der Waals surface area contributed by atoms with Gasteiger partial charge in [-0.3, -0.25) is 9.48 Å². The SMILES string of the molecule is Cn1nc(Br)c2cc(C3CC(C(=O)O)CN3)ccc21. The van der Waals surface area contributed by atoms with Crippen LogP contribution in [0.15, 0.2) is 22.8 Å². The van der Waals surface area contributed by atoms with Crippen molar-refractivity contribution in [3.63, 3.8) is 0 Å². The molecule has 0 amide bonds. The summed E-state index contributed by atoms with van der Waals surface area (Å²) in [4.78, 5) is 11.0. The Kier molecular flexibility index (Phi) is 3.06. The van der Waals surface area contributed by atoms with E-state index < -0.39 is 5.97 Å². The van der Waals surface area contributed by atoms with Gasteiger partial charge in [0, 0.05) is 25.0 Å². The Labute approximate surface area is 118 Å². The van der Waals surface area contributed by atoms with Crippen LogP contribution in [0.2, 0.25) is 0 Å². The summed E-state index contributed by atoms with van der Waals surface area (Å²) in [5.74, 6) is -1.02. The van der Waals surface area contributed by atoms with Gasteiger partial charge in [0.25, 0.3) is 0 Å². The second-order valence-corrected chi connectivity index (χ2v) is 5.67. The van der Waals surface area contributed by atoms with E-state index in [1.165, 1.54) is 0 Å². The van der Waals surface area contributed by atoms with Crippen molar-refractivity contribution < 1.29 is 9.90 Å². The molecule has 2 N–H and O–H groups in total. The fraction of sp³-hybridized carbons (Fsp3) is 0.385. The molecule has 3 rings (SSSR count). The van der Waals surface area contributed by atoms with E-state index in [4.69, 9.17) is 5.11 Å². The van der Waals surface area contributed by atoms with E-state index in [0.29, 0.717) is 13.0 Å². The number of aryl methyl sites for hydroxylation is 1. The van der Waals surface area contributed by atoms with Gasteiger partial charge >= 0.3 is 5.97 Å². The number of hydrogen-bond donors (Lipinski definition) is 2. The van der Waals surface area contributed by atoms with Crippen molar-refractivity contribution in [1.29, 1.82) is 0 Å². The van der Waals surface area contributed by atoms with E-state index in [9.17, 15) is 4.79 Å². The lowest BCUT2D eigenvalue weighted by Gasteiger charge is -2.10. The number of carboxylic acids is 1. The standard InChI is InChI=1S/C13H14BrN3O2/c1-17-11-3-2-7(4-9(11)12(14)16-17)10-5-8(6-15-10)13(18)19/h2-4,8,10,15H,5-6H2,1H3,(H,18,19). The summed E-state index contributed by atoms with van der Waals surface area (Å²) in [6.07, 6.45) is 0.638. The third kappa shape index (κ3) is 2.15. The largest absolute Gasteiger partial charge is 0.481 e. The van der Waals surface area contributed by atoms with Crippen molar-refractivity contribution >= 4 is 32.8 Å². The fourth-order valence-corrected chi connectivity index (χ4v) is 3.19. The van der Waals surface area contributed by atoms with Crippen molar-refractivity contribution in [3.05, 3.63) is 28.4 Å². The molecule has 0 saturated carbocycles. The summed E-state index contributed by atoms with van der Waals surface area (Å²) < 4.78 is 2.64. The first kappa shape index (κ1) is 12.6. The minimum atomic E-state index is -0.723. The lowest BCUT2D eigenvalue weighted by molar-refractivity contribution is -0.141. The molecule has 0 aliphatic carbocycles. The van der Waals surface area contributed by atoms with Crippen molar-refractivity contribution in [2.45, 2.75) is 12.5 Å². The van der Waals surface area contributed by atoms with Gasteiger partial charge in [0.2, 0.25) is 0 Å². The fourth-order valence-electron chi connectivity index (χ4n) is 2.64. The Hall–Kier alpha value is -1.40. The normalized spacial score (nSPS) is 23.1. The maximum atomic E-state index is 11.0. The topological polar surface area (TPSA) is 67.2 Å². The number of halogens is 1. The molecule has 2 unspecified atom stereocenters. The Balaban J connectivity index is 1.94. The number of aromatic nitrogens is 2. The number of hydrogen-bond acceptors (Lipinski definition) is 3. The molecular formula is C13H14BrN3O2. The molecule has 0 spiro atoms. The molecule has 1 aromatic carbocycles. The lowest BCUT2D eigenvalue weighted by Crippen LogP contribution is -2.17. The first-order chi connectivity index (χ1) is 9.06. The van der Waals surface area contributed by atoms with Crippen molar-refractivity contribution in [2.24, 2.45) is 13.0 Å². The van der Waals surface area contributed by atoms with E-state index in [0.717, 1.165) is 21.1 Å². The Morgan fingerprint density at radius 1 is 1.58 bits per heavy atom. The van der Waals surface area contributed by atoms with Gasteiger partial charge in [-0.15, -0.1) is 0 Å². The van der Waals surface area contributed by atoms with Gasteiger partial charge in [-0.25, -0.2) is 0 Å². The zero-order valence-corrected chi connectivity index (χ0v) is 12.0. The first-order valence-electron chi connectivity index (χ1n) is 6.14. The second-order valence-electron chi connectivity index (χ2n) is 4.92. The third-order valence-electron chi connectivity index (χ3n) is 3.71. The Bertz CT molecular complexity index is 653. The highest BCUT2D eigenvalue weighted by atomic mass is 79.9. The van der Waals surface area contributed by atoms with Gasteiger partial charge in [-0.2, -0.15) is 5.10 Å². The average molecular weight is 324 g/mol. The number of aliphatic carboxylic acids is 1. The molecule has 1 aliphatic rings. The predicted molar refractivity (Wildman–Crippen MR) is 74.9 cm³/mol. The van der Waals surface area contributed by atoms with E-state index in [1.807, 2.05) is 23.9 Å². The summed E-state index contributed by atoms with van der Waals surface area (Å²) >= 11 is 3.45. The van der Waals surface area contributed by atoms with Crippen LogP contribution in [0.4, 0.5) is 0 Å². The van der Waals surface area contributed by atoms with Crippen LogP contribution in [0, 0.1) is 5.92 Å². The molecule has 2 atom stereocenters. The monoisotopic (exact) mass is 323 g/mol. The Morgan fingerprint density at radius 2 is 2.37 bits per heavy atom. The highest BCUT2D eigenvalue weighted by Gasteiger charge is 2.30. The molecule has 1 aromatic heterocycles. The molecule has 1 aliphatic heterocycles. The lowest BCUT2D eigenvalue weighted by atomic mass is 9.99. The molecule has 19 heavy (non-hydrogen) atoms. The summed E-state index contributed by atoms with van der Waals surface area (Å²) in [7, 11) is 1.90. The quantitative estimate of drug-likeness (QED) is 0.887. The number of nitrogens with one attached hydrogen (secondary N) is 1. The molecule has 0 bridgehead atoms. The number of benzene rings is 1. The van der Waals surface area contributed by atoms with Crippen LogP contribution in [0.25, 0.3) is 10.9 Å². The van der Waals surface area contributed by atoms with Crippen LogP contribution in [-0.4, -0.2) is 27.4 Å². The van der Waals surface area contributed by atoms with E-state index in [-0.39, 0.29) is 12.0 Å². The number of rotatable bonds is 2. The summed E-state index contributed by atoms with van der Waals surface area (Å²) in [6.45, 7) is 0.534. The first-order valence-corrected chi connectivity index (χ1v) is 6.94. The van der Waals surface area contributed by atoms with Crippen LogP contribution in [0.1, 0.15) is 18.0 Å². The second kappa shape index (κ2) is 4.61. The average Bonchev–Trinajstić information content (AvgIpc) is 2.96. The predicted octanol–water partition coefficient (Wildman–Crippen LogP) is 2.07. The van der Waals surface area contributed by atoms with Gasteiger partial charge in [0.1, 0.15) is 4.60 Å². The molecule has 6 heteroatoms. The maximum Gasteiger partial charge on any atom is 0.307 e. The third-order valence-corrected chi connectivity index (χ3v) is 4.30. The van der Waals surface area contributed by atoms with Crippen molar-refractivity contribution in [3.8, 4) is 0 Å². The number of carbonyl (C=O) groups is 1. The van der Waals surface area contributed by atoms with Gasteiger partial charge < -0.3 is 10.4 Å². The van der Waals surface area contributed by atoms with Gasteiger partial charge in [0.15, 0.2) is 0 Å². The van der Waals surface area contributed by atoms with Gasteiger partial charge in [0.05, 0.1) is 11.4 Å². The molecule has 5 nitrogen and oxygen atoms in total. The van der Waals surface area contributed by atoms with Crippen LogP contribution in [0.5, 0.6) is 0 Å². The zero-order chi connectivity index (χ0) is 13.6. The molecule has 2 aromatic rings. The number of carboxylic acid groups (broad SMARTS) is 1. The maximum absolute atomic E-state index is 11.0. The Morgan fingerprint density at radius 3 is 3.05 bits per heavy atom. The van der Waals surface area contributed by atoms with E-state index in [1.54, 1.807) is 0 Å². The molecule has 1 fully saturated rings. The smallest absolute Gasteiger partial charge is 0.307 e. The van der Waals surface area contributed by atoms with Gasteiger partial charge in [-0.1, -0.05) is 6.07 Å². The zero-order valence-electron chi connectivity index (χ0n) is 10.4. The highest BCUT2D eigenvalue weighted by molar-refractivity contribution is 9.10. The highest BCUT2D eigenvalue weighted by Crippen LogP contribution is 2.31. The van der Waals surface area contributed by atoms with Crippen molar-refractivity contribution in [1.82, 2.24) is 15.1 Å². The summed E-state index contributed by atoms with van der Waals surface area (Å²) in [5.41, 5.74) is 2.17. The molecule has 1 saturated heterocycles. The number of fused-ring (bicyclic) bond motifs is 1. The van der Waals surface area contributed by atoms with Crippen LogP contribution in [-0.2, 0) is 11.8 Å². The minimum absolute atomic E-state index is 0.109. The minimum Gasteiger partial charge on any atom is -0.481 e. The van der Waals surface area contributed by atoms with Gasteiger partial charge in [-0.05, 0) is 40.0 Å². The summed E-state index contributed by atoms with van der Waals surface area (Å²) in [5, 5.41) is 17.7. The van der Waals surface area contributed by atoms with E-state index >= 15 is 0 Å². The van der Waals surface area contributed by atoms with Crippen LogP contribution < -0.4 is 5.32 Å². The van der Waals surface area contributed by atoms with Crippen LogP contribution in [0.3, 0.4) is 0 Å².